The number of allylic oxidation sites excluding steroid dienone is 2. The fourth-order valence-electron chi connectivity index (χ4n) is 2.62. The second-order valence-electron chi connectivity index (χ2n) is 6.05. The third kappa shape index (κ3) is 6.57. The average molecular weight is 369 g/mol. The van der Waals surface area contributed by atoms with Crippen LogP contribution in [0.15, 0.2) is 24.2 Å². The summed E-state index contributed by atoms with van der Waals surface area (Å²) >= 11 is 0. The second-order valence-corrected chi connectivity index (χ2v) is 6.05. The van der Waals surface area contributed by atoms with E-state index in [9.17, 15) is 9.90 Å². The maximum absolute atomic E-state index is 10.7. The highest BCUT2D eigenvalue weighted by atomic mass is 17.2. The fourth-order valence-corrected chi connectivity index (χ4v) is 2.62. The molecular weight excluding hydrogens is 320 g/mol. The Bertz CT molecular complexity index is 820. The Morgan fingerprint density at radius 3 is 2.92 bits per heavy atom. The van der Waals surface area contributed by atoms with E-state index in [2.05, 4.69) is 0 Å². The maximum Gasteiger partial charge on any atom is 0.303 e. The number of carboxylic acid groups (broad SMARTS) is 1. The zero-order valence-electron chi connectivity index (χ0n) is 22.6. The van der Waals surface area contributed by atoms with Crippen molar-refractivity contribution in [2.75, 3.05) is 0 Å². The Morgan fingerprint density at radius 1 is 1.36 bits per heavy atom. The van der Waals surface area contributed by atoms with Gasteiger partial charge in [-0.15, -0.1) is 0 Å². The van der Waals surface area contributed by atoms with Gasteiger partial charge in [-0.25, -0.2) is 9.78 Å². The number of rotatable bonds is 12. The Hall–Kier alpha value is -1.17. The molecule has 0 unspecified atom stereocenters. The first-order valence-corrected chi connectivity index (χ1v) is 8.74. The number of carboxylic acids is 1. The number of fused-ring (bicyclic) bond motifs is 2. The molecule has 2 bridgehead atoms. The van der Waals surface area contributed by atoms with Gasteiger partial charge in [0.05, 0.1) is 20.4 Å². The largest absolute Gasteiger partial charge is 0.481 e. The number of aliphatic carboxylic acids is 1. The molecular formula is C20H32O5. The Balaban J connectivity index is 2.41. The highest BCUT2D eigenvalue weighted by molar-refractivity contribution is 5.66. The van der Waals surface area contributed by atoms with Crippen molar-refractivity contribution in [1.82, 2.24) is 0 Å². The highest BCUT2D eigenvalue weighted by Crippen LogP contribution is 2.44. The van der Waals surface area contributed by atoms with Gasteiger partial charge in [-0.2, -0.15) is 0 Å². The minimum absolute atomic E-state index is 0.0516. The highest BCUT2D eigenvalue weighted by Gasteiger charge is 2.49. The summed E-state index contributed by atoms with van der Waals surface area (Å²) in [6, 6.07) is -1.38. The van der Waals surface area contributed by atoms with Gasteiger partial charge in [0, 0.05) is 27.4 Å². The van der Waals surface area contributed by atoms with Crippen molar-refractivity contribution < 1.29 is 35.7 Å². The molecule has 0 amide bonds. The summed E-state index contributed by atoms with van der Waals surface area (Å²) in [6.45, 7) is 1.94. The molecule has 2 fully saturated rings. The Morgan fingerprint density at radius 2 is 2.16 bits per heavy atom. The van der Waals surface area contributed by atoms with Crippen LogP contribution >= 0.6 is 0 Å². The van der Waals surface area contributed by atoms with Gasteiger partial charge in [0.2, 0.25) is 0 Å². The molecule has 1 saturated heterocycles. The molecule has 1 saturated carbocycles. The molecule has 1 aliphatic heterocycles. The predicted molar refractivity (Wildman–Crippen MR) is 95.9 cm³/mol. The smallest absolute Gasteiger partial charge is 0.303 e. The van der Waals surface area contributed by atoms with Gasteiger partial charge in [-0.05, 0) is 25.7 Å². The van der Waals surface area contributed by atoms with E-state index < -0.39 is 60.9 Å². The van der Waals surface area contributed by atoms with Crippen LogP contribution in [0.5, 0.6) is 0 Å². The lowest BCUT2D eigenvalue weighted by molar-refractivity contribution is -0.336. The molecule has 2 rings (SSSR count). The molecule has 0 aromatic rings. The van der Waals surface area contributed by atoms with Gasteiger partial charge in [0.25, 0.3) is 0 Å². The van der Waals surface area contributed by atoms with E-state index >= 15 is 0 Å². The molecule has 2 aliphatic rings. The van der Waals surface area contributed by atoms with Crippen molar-refractivity contribution in [2.24, 2.45) is 11.8 Å². The molecule has 0 radical (unpaired) electrons. The van der Waals surface area contributed by atoms with Crippen LogP contribution in [0.2, 0.25) is 0 Å². The lowest BCUT2D eigenvalue weighted by Gasteiger charge is -2.27. The van der Waals surface area contributed by atoms with Gasteiger partial charge in [0.15, 0.2) is 0 Å². The van der Waals surface area contributed by atoms with Crippen LogP contribution in [0.4, 0.5) is 0 Å². The summed E-state index contributed by atoms with van der Waals surface area (Å²) in [5, 5.41) is 19.2. The minimum Gasteiger partial charge on any atom is -0.481 e. The number of carbonyl (C=O) groups is 1. The molecule has 0 aromatic heterocycles. The van der Waals surface area contributed by atoms with Crippen LogP contribution in [-0.2, 0) is 14.6 Å². The van der Waals surface area contributed by atoms with E-state index in [4.69, 9.17) is 25.8 Å². The molecule has 25 heavy (non-hydrogen) atoms. The normalized spacial score (nSPS) is 48.6. The first-order chi connectivity index (χ1) is 15.1. The topological polar surface area (TPSA) is 76.0 Å². The summed E-state index contributed by atoms with van der Waals surface area (Å²) in [4.78, 5) is 20.5. The quantitative estimate of drug-likeness (QED) is 0.309. The van der Waals surface area contributed by atoms with Crippen LogP contribution in [0.25, 0.3) is 0 Å². The van der Waals surface area contributed by atoms with Crippen molar-refractivity contribution in [2.45, 2.75) is 83.0 Å². The van der Waals surface area contributed by atoms with Crippen molar-refractivity contribution in [3.05, 3.63) is 24.2 Å². The summed E-state index contributed by atoms with van der Waals surface area (Å²) < 4.78 is 67.6. The van der Waals surface area contributed by atoms with Gasteiger partial charge in [0.1, 0.15) is 6.08 Å². The van der Waals surface area contributed by atoms with Crippen LogP contribution in [0.1, 0.15) is 75.7 Å². The molecule has 1 heterocycles. The van der Waals surface area contributed by atoms with E-state index in [1.165, 1.54) is 0 Å². The van der Waals surface area contributed by atoms with E-state index in [1.54, 1.807) is 0 Å². The van der Waals surface area contributed by atoms with Crippen molar-refractivity contribution >= 4 is 5.97 Å². The first-order valence-electron chi connectivity index (χ1n) is 12.7. The molecule has 5 heteroatoms. The molecule has 0 spiro atoms. The van der Waals surface area contributed by atoms with Crippen molar-refractivity contribution in [3.63, 3.8) is 0 Å². The predicted octanol–water partition coefficient (Wildman–Crippen LogP) is 4.02. The van der Waals surface area contributed by atoms with Crippen LogP contribution in [-0.4, -0.2) is 34.4 Å². The minimum atomic E-state index is -2.47. The van der Waals surface area contributed by atoms with Crippen molar-refractivity contribution in [1.29, 1.82) is 0 Å². The summed E-state index contributed by atoms with van der Waals surface area (Å²) in [5.41, 5.74) is 0. The van der Waals surface area contributed by atoms with Crippen LogP contribution < -0.4 is 0 Å². The van der Waals surface area contributed by atoms with Gasteiger partial charge in [-0.1, -0.05) is 50.4 Å². The van der Waals surface area contributed by atoms with Gasteiger partial charge in [-0.3, -0.25) is 4.79 Å². The van der Waals surface area contributed by atoms with Gasteiger partial charge >= 0.3 is 5.97 Å². The van der Waals surface area contributed by atoms with E-state index in [1.807, 2.05) is 6.92 Å². The number of hydrogen-bond donors (Lipinski definition) is 2. The molecule has 5 atom stereocenters. The molecule has 1 aliphatic carbocycles. The fraction of sp³-hybridized carbons (Fsp3) is 0.750. The number of unbranched alkanes of at least 4 members (excludes halogenated alkanes) is 2. The Labute approximate surface area is 161 Å². The lowest BCUT2D eigenvalue weighted by atomic mass is 9.89. The molecule has 142 valence electrons. The molecule has 5 nitrogen and oxygen atoms in total. The lowest BCUT2D eigenvalue weighted by Crippen LogP contribution is -2.28. The van der Waals surface area contributed by atoms with E-state index in [0.29, 0.717) is 6.42 Å². The molecule has 0 aromatic carbocycles. The van der Waals surface area contributed by atoms with Crippen molar-refractivity contribution in [3.8, 4) is 0 Å². The van der Waals surface area contributed by atoms with E-state index in [-0.39, 0.29) is 31.7 Å². The zero-order chi connectivity index (χ0) is 25.3. The number of hydrogen-bond acceptors (Lipinski definition) is 4. The molecule has 2 N–H and O–H groups in total. The summed E-state index contributed by atoms with van der Waals surface area (Å²) in [5.74, 6) is -5.89. The second kappa shape index (κ2) is 10.7. The summed E-state index contributed by atoms with van der Waals surface area (Å²) in [6.07, 6.45) is -5.58. The number of aliphatic hydroxyl groups is 1. The van der Waals surface area contributed by atoms with E-state index in [0.717, 1.165) is 18.9 Å². The average Bonchev–Trinajstić information content (AvgIpc) is 3.09. The van der Waals surface area contributed by atoms with Gasteiger partial charge < -0.3 is 10.2 Å². The first kappa shape index (κ1) is 11.5. The summed E-state index contributed by atoms with van der Waals surface area (Å²) in [7, 11) is 0. The van der Waals surface area contributed by atoms with Crippen LogP contribution in [0, 0.1) is 11.8 Å². The monoisotopic (exact) mass is 368 g/mol. The zero-order valence-corrected chi connectivity index (χ0v) is 14.6. The third-order valence-electron chi connectivity index (χ3n) is 4.01. The standard InChI is InChI=1S/C20H32O5/c1-2-3-6-9-15(21)12-13-17-16(18-14-19(17)25-24-18)10-7-4-5-8-11-20(22)23/h4,7,12-13,15-19,21H,2-3,5-6,8-11,14H2,1H3,(H,22,23)/b7-4-,13-12+/t15-,16+,17+,18-,19+/m0/s1/i4T,7T,12T,15T,16T,17T,18T,19T. The third-order valence-corrected chi connectivity index (χ3v) is 4.01. The SMILES string of the molecule is [3H]/C(CCCC(=O)O)=C(\[3H])C[C@]1([3H])[C@@]([3H])(/C=C(\[3H])[C@@]([3H])(O)CCCCC)[C@@]2([3H])C[C@]1([3H])OO2. The maximum atomic E-state index is 10.7. The van der Waals surface area contributed by atoms with Crippen LogP contribution in [0.3, 0.4) is 0 Å². The Kier molecular flexibility index (Phi) is 4.95.